The van der Waals surface area contributed by atoms with E-state index in [4.69, 9.17) is 4.84 Å². The second-order valence-electron chi connectivity index (χ2n) is 3.66. The van der Waals surface area contributed by atoms with E-state index in [0.29, 0.717) is 12.0 Å². The minimum atomic E-state index is -0.507. The predicted octanol–water partition coefficient (Wildman–Crippen LogP) is 3.52. The standard InChI is InChI=1S/C11H14N2O4/c1-2-3-7-11(17-12-14)9-5-4-6-10(8-9)13(15)16/h4-6,8,11H,2-3,7H2,1H3. The fourth-order valence-corrected chi connectivity index (χ4v) is 1.56. The van der Waals surface area contributed by atoms with Crippen LogP contribution in [0.15, 0.2) is 29.6 Å². The summed E-state index contributed by atoms with van der Waals surface area (Å²) >= 11 is 0. The van der Waals surface area contributed by atoms with Gasteiger partial charge in [0.2, 0.25) is 0 Å². The summed E-state index contributed by atoms with van der Waals surface area (Å²) in [7, 11) is 0. The summed E-state index contributed by atoms with van der Waals surface area (Å²) in [6, 6.07) is 6.07. The van der Waals surface area contributed by atoms with Crippen molar-refractivity contribution in [2.24, 2.45) is 5.34 Å². The van der Waals surface area contributed by atoms with Gasteiger partial charge in [-0.3, -0.25) is 10.1 Å². The zero-order chi connectivity index (χ0) is 12.7. The molecular weight excluding hydrogens is 224 g/mol. The first kappa shape index (κ1) is 13.1. The second kappa shape index (κ2) is 6.57. The molecule has 0 amide bonds. The summed E-state index contributed by atoms with van der Waals surface area (Å²) in [6.07, 6.45) is 1.92. The molecule has 1 rings (SSSR count). The van der Waals surface area contributed by atoms with Crippen molar-refractivity contribution in [3.05, 3.63) is 44.9 Å². The van der Waals surface area contributed by atoms with Gasteiger partial charge in [0.25, 0.3) is 5.69 Å². The van der Waals surface area contributed by atoms with Gasteiger partial charge in [-0.1, -0.05) is 25.5 Å². The Kier molecular flexibility index (Phi) is 5.06. The van der Waals surface area contributed by atoms with Crippen molar-refractivity contribution in [1.82, 2.24) is 0 Å². The molecule has 6 nitrogen and oxygen atoms in total. The molecule has 0 aliphatic carbocycles. The van der Waals surface area contributed by atoms with Crippen LogP contribution in [-0.4, -0.2) is 4.92 Å². The van der Waals surface area contributed by atoms with Crippen molar-refractivity contribution in [3.8, 4) is 0 Å². The van der Waals surface area contributed by atoms with Crippen LogP contribution in [0.1, 0.15) is 37.9 Å². The maximum Gasteiger partial charge on any atom is 0.269 e. The van der Waals surface area contributed by atoms with Crippen LogP contribution in [0.4, 0.5) is 5.69 Å². The fourth-order valence-electron chi connectivity index (χ4n) is 1.56. The van der Waals surface area contributed by atoms with Gasteiger partial charge in [-0.2, -0.15) is 0 Å². The van der Waals surface area contributed by atoms with Crippen molar-refractivity contribution < 1.29 is 9.76 Å². The Morgan fingerprint density at radius 1 is 1.53 bits per heavy atom. The van der Waals surface area contributed by atoms with Crippen molar-refractivity contribution >= 4 is 5.69 Å². The van der Waals surface area contributed by atoms with Crippen molar-refractivity contribution in [2.45, 2.75) is 32.3 Å². The molecule has 0 aliphatic rings. The van der Waals surface area contributed by atoms with Gasteiger partial charge < -0.3 is 4.84 Å². The largest absolute Gasteiger partial charge is 0.356 e. The molecule has 17 heavy (non-hydrogen) atoms. The Balaban J connectivity index is 2.88. The number of nitro groups is 1. The summed E-state index contributed by atoms with van der Waals surface area (Å²) in [6.45, 7) is 2.01. The van der Waals surface area contributed by atoms with Gasteiger partial charge in [0.15, 0.2) is 11.4 Å². The molecule has 0 aromatic heterocycles. The van der Waals surface area contributed by atoms with Gasteiger partial charge in [-0.05, 0) is 12.8 Å². The van der Waals surface area contributed by atoms with E-state index in [9.17, 15) is 15.0 Å². The van der Waals surface area contributed by atoms with E-state index in [1.807, 2.05) is 6.92 Å². The first-order chi connectivity index (χ1) is 8.19. The number of hydrogen-bond donors (Lipinski definition) is 0. The number of nitrogens with zero attached hydrogens (tertiary/aromatic N) is 2. The van der Waals surface area contributed by atoms with Crippen LogP contribution in [0.3, 0.4) is 0 Å². The lowest BCUT2D eigenvalue weighted by Crippen LogP contribution is -2.01. The Morgan fingerprint density at radius 3 is 2.88 bits per heavy atom. The molecule has 1 aromatic carbocycles. The molecule has 0 aliphatic heterocycles. The summed E-state index contributed by atoms with van der Waals surface area (Å²) < 4.78 is 0. The Bertz CT molecular complexity index is 395. The first-order valence-corrected chi connectivity index (χ1v) is 5.42. The van der Waals surface area contributed by atoms with E-state index in [1.165, 1.54) is 12.1 Å². The number of benzene rings is 1. The molecule has 0 saturated heterocycles. The maximum atomic E-state index is 10.6. The number of hydrogen-bond acceptors (Lipinski definition) is 5. The molecule has 0 heterocycles. The zero-order valence-corrected chi connectivity index (χ0v) is 9.54. The van der Waals surface area contributed by atoms with Crippen LogP contribution >= 0.6 is 0 Å². The molecule has 0 fully saturated rings. The number of non-ortho nitro benzene ring substituents is 1. The summed E-state index contributed by atoms with van der Waals surface area (Å²) in [5.41, 5.74) is 0.589. The summed E-state index contributed by atoms with van der Waals surface area (Å²) in [5, 5.41) is 13.0. The van der Waals surface area contributed by atoms with Crippen LogP contribution in [0, 0.1) is 15.0 Å². The number of nitro benzene ring substituents is 1. The van der Waals surface area contributed by atoms with Gasteiger partial charge in [0.1, 0.15) is 0 Å². The highest BCUT2D eigenvalue weighted by Gasteiger charge is 2.16. The van der Waals surface area contributed by atoms with E-state index < -0.39 is 11.0 Å². The molecule has 0 saturated carbocycles. The Labute approximate surface area is 98.7 Å². The van der Waals surface area contributed by atoms with E-state index >= 15 is 0 Å². The molecule has 1 atom stereocenters. The highest BCUT2D eigenvalue weighted by molar-refractivity contribution is 5.35. The van der Waals surface area contributed by atoms with Gasteiger partial charge >= 0.3 is 0 Å². The summed E-state index contributed by atoms with van der Waals surface area (Å²) in [4.78, 5) is 25.0. The molecular formula is C11H14N2O4. The van der Waals surface area contributed by atoms with Crippen LogP contribution in [0.25, 0.3) is 0 Å². The van der Waals surface area contributed by atoms with E-state index in [2.05, 4.69) is 5.34 Å². The highest BCUT2D eigenvalue weighted by Crippen LogP contribution is 2.26. The van der Waals surface area contributed by atoms with Crippen LogP contribution < -0.4 is 0 Å². The van der Waals surface area contributed by atoms with E-state index in [1.54, 1.807) is 12.1 Å². The minimum Gasteiger partial charge on any atom is -0.356 e. The predicted molar refractivity (Wildman–Crippen MR) is 62.2 cm³/mol. The monoisotopic (exact) mass is 238 g/mol. The molecule has 0 bridgehead atoms. The first-order valence-electron chi connectivity index (χ1n) is 5.42. The third-order valence-electron chi connectivity index (χ3n) is 2.44. The highest BCUT2D eigenvalue weighted by atomic mass is 16.7. The normalized spacial score (nSPS) is 11.8. The zero-order valence-electron chi connectivity index (χ0n) is 9.54. The second-order valence-corrected chi connectivity index (χ2v) is 3.66. The third kappa shape index (κ3) is 3.82. The average Bonchev–Trinajstić information content (AvgIpc) is 2.34. The third-order valence-corrected chi connectivity index (χ3v) is 2.44. The Morgan fingerprint density at radius 2 is 2.29 bits per heavy atom. The van der Waals surface area contributed by atoms with E-state index in [0.717, 1.165) is 12.8 Å². The maximum absolute atomic E-state index is 10.6. The van der Waals surface area contributed by atoms with Gasteiger partial charge in [0.05, 0.1) is 4.92 Å². The smallest absolute Gasteiger partial charge is 0.269 e. The SMILES string of the molecule is CCCCC(ON=O)c1cccc([N+](=O)[O-])c1. The molecule has 1 unspecified atom stereocenters. The van der Waals surface area contributed by atoms with Crippen molar-refractivity contribution in [2.75, 3.05) is 0 Å². The van der Waals surface area contributed by atoms with Crippen LogP contribution in [0.2, 0.25) is 0 Å². The summed E-state index contributed by atoms with van der Waals surface area (Å²) in [5.74, 6) is 0. The lowest BCUT2D eigenvalue weighted by atomic mass is 10.0. The molecule has 0 spiro atoms. The molecule has 0 N–H and O–H groups in total. The number of unbranched alkanes of at least 4 members (excludes halogenated alkanes) is 1. The lowest BCUT2D eigenvalue weighted by Gasteiger charge is -2.12. The van der Waals surface area contributed by atoms with Crippen molar-refractivity contribution in [3.63, 3.8) is 0 Å². The minimum absolute atomic E-state index is 0.0153. The molecule has 1 aromatic rings. The van der Waals surface area contributed by atoms with Gasteiger partial charge in [0, 0.05) is 17.7 Å². The average molecular weight is 238 g/mol. The van der Waals surface area contributed by atoms with Crippen molar-refractivity contribution in [1.29, 1.82) is 0 Å². The lowest BCUT2D eigenvalue weighted by molar-refractivity contribution is -0.385. The van der Waals surface area contributed by atoms with Crippen LogP contribution in [0.5, 0.6) is 0 Å². The quantitative estimate of drug-likeness (QED) is 0.413. The van der Waals surface area contributed by atoms with Crippen LogP contribution in [-0.2, 0) is 4.84 Å². The molecule has 0 radical (unpaired) electrons. The fraction of sp³-hybridized carbons (Fsp3) is 0.455. The van der Waals surface area contributed by atoms with Gasteiger partial charge in [-0.15, -0.1) is 4.91 Å². The van der Waals surface area contributed by atoms with E-state index in [-0.39, 0.29) is 5.69 Å². The Hall–Kier alpha value is -1.98. The molecule has 92 valence electrons. The topological polar surface area (TPSA) is 81.8 Å². The van der Waals surface area contributed by atoms with Gasteiger partial charge in [-0.25, -0.2) is 0 Å². The molecule has 6 heteroatoms. The number of rotatable bonds is 7.